The van der Waals surface area contributed by atoms with Gasteiger partial charge in [0.2, 0.25) is 0 Å². The summed E-state index contributed by atoms with van der Waals surface area (Å²) in [6, 6.07) is 13.5. The Hall–Kier alpha value is -3.18. The molecule has 0 heterocycles. The maximum absolute atomic E-state index is 12.5. The average Bonchev–Trinajstić information content (AvgIpc) is 3.24. The van der Waals surface area contributed by atoms with E-state index in [4.69, 9.17) is 4.74 Å². The molecule has 0 aliphatic heterocycles. The Balaban J connectivity index is 1.79. The van der Waals surface area contributed by atoms with Crippen molar-refractivity contribution in [3.63, 3.8) is 0 Å². The van der Waals surface area contributed by atoms with E-state index in [0.717, 1.165) is 30.2 Å². The van der Waals surface area contributed by atoms with Crippen molar-refractivity contribution in [2.45, 2.75) is 38.3 Å². The molecule has 0 saturated heterocycles. The largest absolute Gasteiger partial charge is 0.488 e. The molecule has 8 heteroatoms. The highest BCUT2D eigenvalue weighted by atomic mass is 79.9. The first kappa shape index (κ1) is 21.5. The number of nitriles is 1. The van der Waals surface area contributed by atoms with Crippen LogP contribution >= 0.6 is 15.9 Å². The standard InChI is InChI=1S/C22H20BrN3O4/c23-18-8-9-21(30-14-15-4-3-7-20(10-15)26(28)29)16(12-18)11-17(13-24)22(27)25-19-5-1-2-6-19/h3-4,7-12,19H,1-2,5-6,14H2,(H,25,27)/b17-11-. The summed E-state index contributed by atoms with van der Waals surface area (Å²) in [6.45, 7) is 0.111. The maximum Gasteiger partial charge on any atom is 0.269 e. The number of nitro groups is 1. The summed E-state index contributed by atoms with van der Waals surface area (Å²) in [4.78, 5) is 23.0. The van der Waals surface area contributed by atoms with Crippen LogP contribution in [0.25, 0.3) is 6.08 Å². The second-order valence-electron chi connectivity index (χ2n) is 7.02. The van der Waals surface area contributed by atoms with E-state index >= 15 is 0 Å². The number of carbonyl (C=O) groups is 1. The molecule has 0 unspecified atom stereocenters. The number of nitro benzene ring substituents is 1. The number of amides is 1. The summed E-state index contributed by atoms with van der Waals surface area (Å²) in [7, 11) is 0. The first-order valence-electron chi connectivity index (χ1n) is 9.54. The van der Waals surface area contributed by atoms with E-state index in [1.807, 2.05) is 6.07 Å². The Morgan fingerprint density at radius 1 is 1.30 bits per heavy atom. The lowest BCUT2D eigenvalue weighted by molar-refractivity contribution is -0.384. The smallest absolute Gasteiger partial charge is 0.269 e. The molecule has 7 nitrogen and oxygen atoms in total. The number of hydrogen-bond acceptors (Lipinski definition) is 5. The fourth-order valence-electron chi connectivity index (χ4n) is 3.32. The number of rotatable bonds is 7. The summed E-state index contributed by atoms with van der Waals surface area (Å²) < 4.78 is 6.61. The minimum atomic E-state index is -0.459. The summed E-state index contributed by atoms with van der Waals surface area (Å²) in [5.74, 6) is 0.0696. The molecule has 0 aromatic heterocycles. The number of nitrogens with one attached hydrogen (secondary N) is 1. The van der Waals surface area contributed by atoms with Crippen molar-refractivity contribution in [1.29, 1.82) is 5.26 Å². The summed E-state index contributed by atoms with van der Waals surface area (Å²) in [5, 5.41) is 23.3. The molecule has 2 aromatic carbocycles. The lowest BCUT2D eigenvalue weighted by Crippen LogP contribution is -2.33. The van der Waals surface area contributed by atoms with E-state index in [0.29, 0.717) is 16.9 Å². The second-order valence-corrected chi connectivity index (χ2v) is 7.94. The fraction of sp³-hybridized carbons (Fsp3) is 0.273. The van der Waals surface area contributed by atoms with Crippen molar-refractivity contribution in [3.05, 3.63) is 73.8 Å². The number of nitrogens with zero attached hydrogens (tertiary/aromatic N) is 2. The third-order valence-electron chi connectivity index (χ3n) is 4.84. The van der Waals surface area contributed by atoms with Crippen LogP contribution in [0, 0.1) is 21.4 Å². The Labute approximate surface area is 182 Å². The number of non-ortho nitro benzene ring substituents is 1. The van der Waals surface area contributed by atoms with Crippen molar-refractivity contribution < 1.29 is 14.5 Å². The van der Waals surface area contributed by atoms with Gasteiger partial charge in [-0.05, 0) is 42.7 Å². The van der Waals surface area contributed by atoms with E-state index in [9.17, 15) is 20.2 Å². The van der Waals surface area contributed by atoms with E-state index in [2.05, 4.69) is 21.2 Å². The van der Waals surface area contributed by atoms with Crippen molar-refractivity contribution in [2.24, 2.45) is 0 Å². The van der Waals surface area contributed by atoms with Crippen molar-refractivity contribution in [2.75, 3.05) is 0 Å². The zero-order valence-electron chi connectivity index (χ0n) is 16.1. The number of benzene rings is 2. The third-order valence-corrected chi connectivity index (χ3v) is 5.34. The Morgan fingerprint density at radius 3 is 2.77 bits per heavy atom. The van der Waals surface area contributed by atoms with Gasteiger partial charge in [-0.25, -0.2) is 0 Å². The van der Waals surface area contributed by atoms with Gasteiger partial charge in [0, 0.05) is 28.2 Å². The average molecular weight is 470 g/mol. The molecule has 1 aliphatic rings. The van der Waals surface area contributed by atoms with Crippen LogP contribution in [0.1, 0.15) is 36.8 Å². The van der Waals surface area contributed by atoms with Gasteiger partial charge in [-0.3, -0.25) is 14.9 Å². The lowest BCUT2D eigenvalue weighted by Gasteiger charge is -2.12. The van der Waals surface area contributed by atoms with Gasteiger partial charge < -0.3 is 10.1 Å². The van der Waals surface area contributed by atoms with E-state index in [1.54, 1.807) is 30.3 Å². The van der Waals surface area contributed by atoms with Crippen molar-refractivity contribution >= 4 is 33.6 Å². The molecular formula is C22H20BrN3O4. The quantitative estimate of drug-likeness (QED) is 0.268. The second kappa shape index (κ2) is 10.0. The van der Waals surface area contributed by atoms with Crippen molar-refractivity contribution in [3.8, 4) is 11.8 Å². The molecule has 0 spiro atoms. The van der Waals surface area contributed by atoms with Gasteiger partial charge in [0.05, 0.1) is 4.92 Å². The van der Waals surface area contributed by atoms with Gasteiger partial charge >= 0.3 is 0 Å². The molecule has 0 atom stereocenters. The highest BCUT2D eigenvalue weighted by Gasteiger charge is 2.19. The maximum atomic E-state index is 12.5. The number of hydrogen-bond donors (Lipinski definition) is 1. The zero-order valence-corrected chi connectivity index (χ0v) is 17.7. The van der Waals surface area contributed by atoms with Gasteiger partial charge in [-0.2, -0.15) is 5.26 Å². The molecule has 30 heavy (non-hydrogen) atoms. The topological polar surface area (TPSA) is 105 Å². The number of ether oxygens (including phenoxy) is 1. The molecule has 1 saturated carbocycles. The Bertz CT molecular complexity index is 1020. The molecule has 1 N–H and O–H groups in total. The Kier molecular flexibility index (Phi) is 7.20. The van der Waals surface area contributed by atoms with Crippen LogP contribution in [-0.2, 0) is 11.4 Å². The Morgan fingerprint density at radius 2 is 2.07 bits per heavy atom. The molecule has 1 amide bonds. The first-order valence-corrected chi connectivity index (χ1v) is 10.3. The zero-order chi connectivity index (χ0) is 21.5. The SMILES string of the molecule is N#C/C(=C/c1cc(Br)ccc1OCc1cccc([N+](=O)[O-])c1)C(=O)NC1CCCC1. The molecule has 1 aliphatic carbocycles. The molecule has 0 radical (unpaired) electrons. The predicted octanol–water partition coefficient (Wildman–Crippen LogP) is 4.90. The van der Waals surface area contributed by atoms with Crippen LogP contribution in [-0.4, -0.2) is 16.9 Å². The number of carbonyl (C=O) groups excluding carboxylic acids is 1. The van der Waals surface area contributed by atoms with Crippen LogP contribution in [0.15, 0.2) is 52.5 Å². The van der Waals surface area contributed by atoms with Crippen molar-refractivity contribution in [1.82, 2.24) is 5.32 Å². The summed E-state index contributed by atoms with van der Waals surface area (Å²) in [6.07, 6.45) is 5.52. The van der Waals surface area contributed by atoms with Gasteiger partial charge in [-0.15, -0.1) is 0 Å². The number of halogens is 1. The minimum absolute atomic E-state index is 0.000184. The van der Waals surface area contributed by atoms with Crippen LogP contribution in [0.2, 0.25) is 0 Å². The van der Waals surface area contributed by atoms with E-state index < -0.39 is 10.8 Å². The molecule has 1 fully saturated rings. The van der Waals surface area contributed by atoms with Gasteiger partial charge in [0.25, 0.3) is 11.6 Å². The first-order chi connectivity index (χ1) is 14.5. The normalized spacial score (nSPS) is 14.2. The van der Waals surface area contributed by atoms with Crippen LogP contribution in [0.4, 0.5) is 5.69 Å². The minimum Gasteiger partial charge on any atom is -0.488 e. The van der Waals surface area contributed by atoms with E-state index in [-0.39, 0.29) is 23.9 Å². The third kappa shape index (κ3) is 5.67. The molecule has 0 bridgehead atoms. The molecular weight excluding hydrogens is 450 g/mol. The highest BCUT2D eigenvalue weighted by Crippen LogP contribution is 2.27. The highest BCUT2D eigenvalue weighted by molar-refractivity contribution is 9.10. The van der Waals surface area contributed by atoms with Crippen LogP contribution in [0.5, 0.6) is 5.75 Å². The van der Waals surface area contributed by atoms with Gasteiger partial charge in [0.15, 0.2) is 0 Å². The lowest BCUT2D eigenvalue weighted by atomic mass is 10.1. The van der Waals surface area contributed by atoms with Crippen LogP contribution < -0.4 is 10.1 Å². The molecule has 3 rings (SSSR count). The summed E-state index contributed by atoms with van der Waals surface area (Å²) in [5.41, 5.74) is 1.19. The summed E-state index contributed by atoms with van der Waals surface area (Å²) >= 11 is 3.39. The molecule has 2 aromatic rings. The van der Waals surface area contributed by atoms with Crippen LogP contribution in [0.3, 0.4) is 0 Å². The predicted molar refractivity (Wildman–Crippen MR) is 116 cm³/mol. The van der Waals surface area contributed by atoms with E-state index in [1.165, 1.54) is 18.2 Å². The fourth-order valence-corrected chi connectivity index (χ4v) is 3.70. The monoisotopic (exact) mass is 469 g/mol. The van der Waals surface area contributed by atoms with Gasteiger partial charge in [0.1, 0.15) is 24.0 Å². The van der Waals surface area contributed by atoms with Gasteiger partial charge in [-0.1, -0.05) is 40.9 Å². The molecule has 154 valence electrons.